The van der Waals surface area contributed by atoms with E-state index in [2.05, 4.69) is 15.3 Å². The van der Waals surface area contributed by atoms with E-state index in [0.717, 1.165) is 0 Å². The van der Waals surface area contributed by atoms with Crippen molar-refractivity contribution in [3.63, 3.8) is 0 Å². The topological polar surface area (TPSA) is 119 Å². The van der Waals surface area contributed by atoms with E-state index >= 15 is 0 Å². The Balaban J connectivity index is 2.03. The third-order valence-electron chi connectivity index (χ3n) is 4.67. The Morgan fingerprint density at radius 2 is 2.13 bits per heavy atom. The summed E-state index contributed by atoms with van der Waals surface area (Å²) in [5, 5.41) is 12.6. The number of aliphatic imine (C=N–C) groups is 1. The number of amidine groups is 1. The van der Waals surface area contributed by atoms with Crippen molar-refractivity contribution in [2.45, 2.75) is 40.2 Å². The number of hydrogen-bond donors (Lipinski definition) is 3. The van der Waals surface area contributed by atoms with Gasteiger partial charge in [-0.1, -0.05) is 20.8 Å². The maximum Gasteiger partial charge on any atom is 0.253 e. The van der Waals surface area contributed by atoms with Crippen molar-refractivity contribution < 1.29 is 23.8 Å². The number of anilines is 1. The molecule has 3 rings (SSSR count). The second-order valence-electron chi connectivity index (χ2n) is 8.40. The standard InChI is InChI=1S/C22H27FN4O4/c1-12(28)7-8-25-20-15(19(24)27-21(29)22(2,3)4)9-13(10-26-20)14-5-6-16-18(17(14)23)31-11-30-16/h5-6,9-10,12,28H,7-8,11H2,1-4H3,(H,25,26)(H2,24,27,29). The first-order valence-corrected chi connectivity index (χ1v) is 9.97. The molecule has 31 heavy (non-hydrogen) atoms. The van der Waals surface area contributed by atoms with Crippen molar-refractivity contribution in [2.75, 3.05) is 18.7 Å². The van der Waals surface area contributed by atoms with Crippen LogP contribution in [0.3, 0.4) is 0 Å². The van der Waals surface area contributed by atoms with Gasteiger partial charge in [-0.2, -0.15) is 4.99 Å². The van der Waals surface area contributed by atoms with E-state index in [4.69, 9.17) is 15.2 Å². The minimum absolute atomic E-state index is 0.0324. The highest BCUT2D eigenvalue weighted by Crippen LogP contribution is 2.40. The minimum atomic E-state index is -0.709. The zero-order chi connectivity index (χ0) is 22.8. The molecule has 1 aromatic carbocycles. The van der Waals surface area contributed by atoms with E-state index in [1.165, 1.54) is 6.20 Å². The number of aliphatic hydroxyl groups is 1. The van der Waals surface area contributed by atoms with Crippen LogP contribution in [-0.2, 0) is 4.79 Å². The van der Waals surface area contributed by atoms with Gasteiger partial charge >= 0.3 is 0 Å². The fraction of sp³-hybridized carbons (Fsp3) is 0.409. The van der Waals surface area contributed by atoms with Gasteiger partial charge in [0.15, 0.2) is 11.6 Å². The number of carbonyl (C=O) groups is 1. The lowest BCUT2D eigenvalue weighted by Gasteiger charge is -2.16. The smallest absolute Gasteiger partial charge is 0.253 e. The number of nitrogens with two attached hydrogens (primary N) is 1. The first-order valence-electron chi connectivity index (χ1n) is 9.97. The summed E-state index contributed by atoms with van der Waals surface area (Å²) in [7, 11) is 0. The molecule has 0 radical (unpaired) electrons. The molecule has 1 amide bonds. The lowest BCUT2D eigenvalue weighted by molar-refractivity contribution is -0.124. The molecule has 0 fully saturated rings. The molecule has 0 saturated carbocycles. The summed E-state index contributed by atoms with van der Waals surface area (Å²) >= 11 is 0. The molecule has 1 aromatic heterocycles. The summed E-state index contributed by atoms with van der Waals surface area (Å²) in [4.78, 5) is 20.8. The van der Waals surface area contributed by atoms with Gasteiger partial charge in [-0.3, -0.25) is 4.79 Å². The minimum Gasteiger partial charge on any atom is -0.453 e. The van der Waals surface area contributed by atoms with Crippen molar-refractivity contribution >= 4 is 17.6 Å². The van der Waals surface area contributed by atoms with Crippen LogP contribution in [0.4, 0.5) is 10.2 Å². The Hall–Kier alpha value is -3.20. The van der Waals surface area contributed by atoms with Crippen LogP contribution in [0.5, 0.6) is 11.5 Å². The van der Waals surface area contributed by atoms with E-state index in [1.54, 1.807) is 45.9 Å². The highest BCUT2D eigenvalue weighted by Gasteiger charge is 2.24. The van der Waals surface area contributed by atoms with Gasteiger partial charge < -0.3 is 25.6 Å². The third-order valence-corrected chi connectivity index (χ3v) is 4.67. The number of aromatic nitrogens is 1. The summed E-state index contributed by atoms with van der Waals surface area (Å²) in [6.45, 7) is 7.29. The van der Waals surface area contributed by atoms with Gasteiger partial charge in [0, 0.05) is 29.3 Å². The molecule has 1 atom stereocenters. The molecule has 9 heteroatoms. The van der Waals surface area contributed by atoms with Crippen molar-refractivity contribution in [3.05, 3.63) is 35.8 Å². The SMILES string of the molecule is CC(O)CCNc1ncc(-c2ccc3c(c2F)OCO3)cc1C(N)=NC(=O)C(C)(C)C. The number of amides is 1. The molecule has 0 saturated heterocycles. The molecule has 2 heterocycles. The highest BCUT2D eigenvalue weighted by atomic mass is 19.1. The van der Waals surface area contributed by atoms with E-state index in [1.807, 2.05) is 0 Å². The van der Waals surface area contributed by atoms with E-state index < -0.39 is 17.3 Å². The number of ether oxygens (including phenoxy) is 2. The van der Waals surface area contributed by atoms with Crippen molar-refractivity contribution in [3.8, 4) is 22.6 Å². The van der Waals surface area contributed by atoms with Crippen LogP contribution in [-0.4, -0.2) is 41.3 Å². The number of benzene rings is 1. The molecule has 1 aliphatic rings. The maximum absolute atomic E-state index is 15.0. The van der Waals surface area contributed by atoms with Gasteiger partial charge in [-0.05, 0) is 31.5 Å². The number of halogens is 1. The number of hydrogen-bond acceptors (Lipinski definition) is 6. The fourth-order valence-electron chi connectivity index (χ4n) is 2.85. The molecular formula is C22H27FN4O4. The molecule has 0 aliphatic carbocycles. The summed E-state index contributed by atoms with van der Waals surface area (Å²) in [6.07, 6.45) is 1.48. The van der Waals surface area contributed by atoms with E-state index in [9.17, 15) is 14.3 Å². The summed E-state index contributed by atoms with van der Waals surface area (Å²) in [5.74, 6) is -0.229. The van der Waals surface area contributed by atoms with Crippen LogP contribution in [0.2, 0.25) is 0 Å². The van der Waals surface area contributed by atoms with Crippen molar-refractivity contribution in [1.82, 2.24) is 4.98 Å². The van der Waals surface area contributed by atoms with E-state index in [-0.39, 0.29) is 29.8 Å². The fourth-order valence-corrected chi connectivity index (χ4v) is 2.85. The summed E-state index contributed by atoms with van der Waals surface area (Å²) in [6, 6.07) is 4.81. The first-order chi connectivity index (χ1) is 14.6. The van der Waals surface area contributed by atoms with Gasteiger partial charge in [0.25, 0.3) is 5.91 Å². The largest absolute Gasteiger partial charge is 0.453 e. The first kappa shape index (κ1) is 22.5. The number of nitrogens with zero attached hydrogens (tertiary/aromatic N) is 2. The van der Waals surface area contributed by atoms with Crippen LogP contribution in [0.25, 0.3) is 11.1 Å². The van der Waals surface area contributed by atoms with Gasteiger partial charge in [0.2, 0.25) is 12.5 Å². The molecule has 2 aromatic rings. The van der Waals surface area contributed by atoms with Gasteiger partial charge in [0.1, 0.15) is 11.7 Å². The van der Waals surface area contributed by atoms with Crippen molar-refractivity contribution in [1.29, 1.82) is 0 Å². The van der Waals surface area contributed by atoms with Crippen LogP contribution < -0.4 is 20.5 Å². The zero-order valence-electron chi connectivity index (χ0n) is 18.0. The highest BCUT2D eigenvalue weighted by molar-refractivity contribution is 6.08. The molecule has 0 bridgehead atoms. The molecule has 8 nitrogen and oxygen atoms in total. The second kappa shape index (κ2) is 8.89. The molecule has 0 spiro atoms. The number of aliphatic hydroxyl groups excluding tert-OH is 1. The Morgan fingerprint density at radius 3 is 2.81 bits per heavy atom. The average molecular weight is 430 g/mol. The van der Waals surface area contributed by atoms with Crippen molar-refractivity contribution in [2.24, 2.45) is 16.1 Å². The quantitative estimate of drug-likeness (QED) is 0.476. The van der Waals surface area contributed by atoms with Crippen LogP contribution >= 0.6 is 0 Å². The number of rotatable bonds is 6. The Labute approximate surface area is 180 Å². The van der Waals surface area contributed by atoms with Crippen LogP contribution in [0, 0.1) is 11.2 Å². The predicted octanol–water partition coefficient (Wildman–Crippen LogP) is 3.08. The van der Waals surface area contributed by atoms with Crippen LogP contribution in [0.1, 0.15) is 39.7 Å². The zero-order valence-corrected chi connectivity index (χ0v) is 18.0. The predicted molar refractivity (Wildman–Crippen MR) is 116 cm³/mol. The molecular weight excluding hydrogens is 403 g/mol. The second-order valence-corrected chi connectivity index (χ2v) is 8.40. The number of pyridine rings is 1. The average Bonchev–Trinajstić information content (AvgIpc) is 3.17. The number of fused-ring (bicyclic) bond motifs is 1. The Morgan fingerprint density at radius 1 is 1.39 bits per heavy atom. The molecule has 1 unspecified atom stereocenters. The lowest BCUT2D eigenvalue weighted by atomic mass is 9.96. The number of carbonyl (C=O) groups excluding carboxylic acids is 1. The number of nitrogens with one attached hydrogen (secondary N) is 1. The molecule has 166 valence electrons. The Kier molecular flexibility index (Phi) is 6.45. The molecule has 4 N–H and O–H groups in total. The normalized spacial score (nSPS) is 14.5. The Bertz CT molecular complexity index is 1020. The van der Waals surface area contributed by atoms with E-state index in [0.29, 0.717) is 35.7 Å². The summed E-state index contributed by atoms with van der Waals surface area (Å²) in [5.41, 5.74) is 6.50. The maximum atomic E-state index is 15.0. The lowest BCUT2D eigenvalue weighted by Crippen LogP contribution is -2.24. The monoisotopic (exact) mass is 430 g/mol. The van der Waals surface area contributed by atoms with Gasteiger partial charge in [-0.25, -0.2) is 9.37 Å². The summed E-state index contributed by atoms with van der Waals surface area (Å²) < 4.78 is 25.4. The molecule has 1 aliphatic heterocycles. The third kappa shape index (κ3) is 5.11. The van der Waals surface area contributed by atoms with Gasteiger partial charge in [-0.15, -0.1) is 0 Å². The van der Waals surface area contributed by atoms with Gasteiger partial charge in [0.05, 0.1) is 11.7 Å². The van der Waals surface area contributed by atoms with Crippen LogP contribution in [0.15, 0.2) is 29.4 Å².